The lowest BCUT2D eigenvalue weighted by Crippen LogP contribution is -2.44. The molecule has 3 rings (SSSR count). The molecule has 0 radical (unpaired) electrons. The van der Waals surface area contributed by atoms with Crippen LogP contribution in [-0.2, 0) is 0 Å². The normalized spacial score (nSPS) is 11.4. The zero-order valence-electron chi connectivity index (χ0n) is 30.2. The summed E-state index contributed by atoms with van der Waals surface area (Å²) in [5.41, 5.74) is 3.34. The lowest BCUT2D eigenvalue weighted by Gasteiger charge is -2.23. The van der Waals surface area contributed by atoms with Gasteiger partial charge in [-0.3, -0.25) is 29.4 Å². The minimum Gasteiger partial charge on any atom is -0.338 e. The second-order valence-electron chi connectivity index (χ2n) is 11.3. The Hall–Kier alpha value is -4.94. The Labute approximate surface area is 316 Å². The molecule has 0 fully saturated rings. The second-order valence-corrected chi connectivity index (χ2v) is 12.0. The maximum absolute atomic E-state index is 13.0. The van der Waals surface area contributed by atoms with Crippen molar-refractivity contribution in [1.29, 1.82) is 0 Å². The van der Waals surface area contributed by atoms with Gasteiger partial charge in [-0.1, -0.05) is 0 Å². The fraction of sp³-hybridized carbons (Fsp3) is 0.368. The summed E-state index contributed by atoms with van der Waals surface area (Å²) in [5, 5.41) is 11.5. The molecule has 0 aromatic heterocycles. The van der Waals surface area contributed by atoms with Crippen molar-refractivity contribution in [3.05, 3.63) is 95.1 Å². The molecule has 0 atom stereocenters. The Kier molecular flexibility index (Phi) is 17.6. The molecule has 0 aliphatic heterocycles. The van der Waals surface area contributed by atoms with Crippen LogP contribution in [0.1, 0.15) is 72.4 Å². The van der Waals surface area contributed by atoms with Crippen LogP contribution in [-0.4, -0.2) is 96.4 Å². The molecular weight excluding hydrogens is 703 g/mol. The fourth-order valence-corrected chi connectivity index (χ4v) is 5.31. The van der Waals surface area contributed by atoms with Gasteiger partial charge in [0.25, 0.3) is 11.8 Å². The van der Waals surface area contributed by atoms with Gasteiger partial charge < -0.3 is 21.3 Å². The van der Waals surface area contributed by atoms with E-state index < -0.39 is 0 Å². The van der Waals surface area contributed by atoms with Gasteiger partial charge in [-0.15, -0.1) is 23.2 Å². The Morgan fingerprint density at radius 3 is 1.15 bits per heavy atom. The molecule has 0 aliphatic carbocycles. The molecule has 0 heterocycles. The Bertz CT molecular complexity index is 1560. The van der Waals surface area contributed by atoms with E-state index in [-0.39, 0.29) is 23.9 Å². The van der Waals surface area contributed by atoms with E-state index in [2.05, 4.69) is 31.3 Å². The van der Waals surface area contributed by atoms with Crippen molar-refractivity contribution >= 4 is 70.1 Å². The van der Waals surface area contributed by atoms with Gasteiger partial charge >= 0.3 is 12.1 Å². The van der Waals surface area contributed by atoms with Crippen LogP contribution < -0.4 is 21.3 Å². The Morgan fingerprint density at radius 2 is 0.865 bits per heavy atom. The van der Waals surface area contributed by atoms with E-state index in [0.29, 0.717) is 98.0 Å². The summed E-state index contributed by atoms with van der Waals surface area (Å²) in [5.74, 6) is 1.30. The number of urea groups is 2. The van der Waals surface area contributed by atoms with Gasteiger partial charge in [0.15, 0.2) is 0 Å². The van der Waals surface area contributed by atoms with E-state index in [1.54, 1.807) is 82.6 Å². The molecule has 3 aromatic carbocycles. The number of hydrogen-bond acceptors (Lipinski definition) is 6. The smallest absolute Gasteiger partial charge is 0.323 e. The molecule has 3 aromatic rings. The maximum atomic E-state index is 13.0. The number of rotatable bonds is 16. The highest BCUT2D eigenvalue weighted by Crippen LogP contribution is 2.17. The molecule has 4 N–H and O–H groups in total. The predicted molar refractivity (Wildman–Crippen MR) is 212 cm³/mol. The van der Waals surface area contributed by atoms with Gasteiger partial charge in [0.1, 0.15) is 11.7 Å². The van der Waals surface area contributed by atoms with Crippen molar-refractivity contribution in [2.45, 2.75) is 40.5 Å². The quantitative estimate of drug-likeness (QED) is 0.0538. The zero-order valence-corrected chi connectivity index (χ0v) is 31.7. The van der Waals surface area contributed by atoms with Crippen molar-refractivity contribution in [3.8, 4) is 0 Å². The van der Waals surface area contributed by atoms with Crippen LogP contribution in [0, 0.1) is 0 Å². The van der Waals surface area contributed by atoms with E-state index in [0.717, 1.165) is 11.1 Å². The number of carbonyl (C=O) groups is 4. The summed E-state index contributed by atoms with van der Waals surface area (Å²) < 4.78 is 0. The topological polar surface area (TPSA) is 148 Å². The molecule has 14 heteroatoms. The Balaban J connectivity index is 1.63. The van der Waals surface area contributed by atoms with Crippen LogP contribution >= 0.6 is 23.2 Å². The molecule has 12 nitrogen and oxygen atoms in total. The molecule has 0 saturated heterocycles. The van der Waals surface area contributed by atoms with E-state index in [4.69, 9.17) is 23.2 Å². The molecule has 278 valence electrons. The summed E-state index contributed by atoms with van der Waals surface area (Å²) in [4.78, 5) is 63.9. The molecule has 0 saturated carbocycles. The molecular formula is C38H48Cl2N8O4. The first kappa shape index (κ1) is 41.5. The third-order valence-electron chi connectivity index (χ3n) is 7.63. The van der Waals surface area contributed by atoms with Crippen LogP contribution in [0.4, 0.5) is 21.0 Å². The number of hydrogen-bond donors (Lipinski definition) is 4. The third kappa shape index (κ3) is 12.1. The number of amides is 6. The summed E-state index contributed by atoms with van der Waals surface area (Å²) in [6.45, 7) is 10.3. The molecule has 0 unspecified atom stereocenters. The minimum atomic E-state index is -0.343. The first-order valence-electron chi connectivity index (χ1n) is 17.5. The number of nitrogens with zero attached hydrogens (tertiary/aromatic N) is 4. The zero-order chi connectivity index (χ0) is 37.9. The molecule has 0 bridgehead atoms. The number of halogens is 2. The van der Waals surface area contributed by atoms with Gasteiger partial charge in [-0.25, -0.2) is 9.59 Å². The van der Waals surface area contributed by atoms with Gasteiger partial charge in [0, 0.05) is 84.7 Å². The molecule has 52 heavy (non-hydrogen) atoms. The number of alkyl halides is 2. The lowest BCUT2D eigenvalue weighted by molar-refractivity contribution is 0.101. The predicted octanol–water partition coefficient (Wildman–Crippen LogP) is 7.05. The Morgan fingerprint density at radius 1 is 0.538 bits per heavy atom. The van der Waals surface area contributed by atoms with Crippen molar-refractivity contribution in [2.24, 2.45) is 9.98 Å². The number of benzene rings is 3. The van der Waals surface area contributed by atoms with Gasteiger partial charge in [-0.05, 0) is 113 Å². The second kappa shape index (κ2) is 22.1. The van der Waals surface area contributed by atoms with Crippen LogP contribution in [0.3, 0.4) is 0 Å². The highest BCUT2D eigenvalue weighted by Gasteiger charge is 2.21. The van der Waals surface area contributed by atoms with Crippen molar-refractivity contribution in [1.82, 2.24) is 20.4 Å². The number of amidine groups is 2. The minimum absolute atomic E-state index is 0.251. The number of aliphatic imine (C=N–C) groups is 2. The monoisotopic (exact) mass is 750 g/mol. The molecule has 0 aliphatic rings. The molecule has 6 amide bonds. The van der Waals surface area contributed by atoms with Crippen LogP contribution in [0.5, 0.6) is 0 Å². The molecule has 0 spiro atoms. The summed E-state index contributed by atoms with van der Waals surface area (Å²) in [7, 11) is 0. The van der Waals surface area contributed by atoms with Crippen LogP contribution in [0.25, 0.3) is 0 Å². The average molecular weight is 752 g/mol. The third-order valence-corrected chi connectivity index (χ3v) is 8.17. The highest BCUT2D eigenvalue weighted by molar-refractivity contribution is 6.18. The van der Waals surface area contributed by atoms with E-state index in [1.807, 2.05) is 27.7 Å². The van der Waals surface area contributed by atoms with Crippen LogP contribution in [0.15, 0.2) is 82.8 Å². The van der Waals surface area contributed by atoms with Gasteiger partial charge in [0.2, 0.25) is 0 Å². The van der Waals surface area contributed by atoms with Crippen LogP contribution in [0.2, 0.25) is 0 Å². The van der Waals surface area contributed by atoms with Gasteiger partial charge in [-0.2, -0.15) is 0 Å². The largest absolute Gasteiger partial charge is 0.338 e. The van der Waals surface area contributed by atoms with Crippen molar-refractivity contribution in [3.63, 3.8) is 0 Å². The van der Waals surface area contributed by atoms with E-state index in [1.165, 1.54) is 0 Å². The SMILES string of the molecule is CCN=C(c1ccc(NC(=O)c2ccc(C(=O)Nc3ccc(C(=NCC)N(CC)C(=O)NCCCCl)cc3)cc2)cc1)N(CC)C(=O)NCCCCl. The van der Waals surface area contributed by atoms with Crippen molar-refractivity contribution in [2.75, 3.05) is 61.7 Å². The summed E-state index contributed by atoms with van der Waals surface area (Å²) >= 11 is 11.5. The average Bonchev–Trinajstić information content (AvgIpc) is 3.15. The number of nitrogens with one attached hydrogen (secondary N) is 4. The number of anilines is 2. The van der Waals surface area contributed by atoms with E-state index in [9.17, 15) is 19.2 Å². The highest BCUT2D eigenvalue weighted by atomic mass is 35.5. The summed E-state index contributed by atoms with van der Waals surface area (Å²) in [6, 6.07) is 20.0. The number of carbonyl (C=O) groups excluding carboxylic acids is 4. The standard InChI is InChI=1S/C38H48Cl2N8O4/c1-5-41-33(47(7-3)37(51)43-25-9-23-39)27-15-19-31(20-16-27)45-35(49)29-11-13-30(14-12-29)36(50)46-32-21-17-28(18-22-32)34(42-6-2)48(8-4)38(52)44-26-10-24-40/h11-22H,5-10,23-26H2,1-4H3,(H,43,51)(H,44,52)(H,45,49)(H,46,50). The summed E-state index contributed by atoms with van der Waals surface area (Å²) in [6.07, 6.45) is 1.33. The first-order valence-corrected chi connectivity index (χ1v) is 18.5. The first-order chi connectivity index (χ1) is 25.2. The van der Waals surface area contributed by atoms with E-state index >= 15 is 0 Å². The fourth-order valence-electron chi connectivity index (χ4n) is 5.04. The van der Waals surface area contributed by atoms with Gasteiger partial charge in [0.05, 0.1) is 0 Å². The lowest BCUT2D eigenvalue weighted by atomic mass is 10.1. The van der Waals surface area contributed by atoms with Crippen molar-refractivity contribution < 1.29 is 19.2 Å². The maximum Gasteiger partial charge on any atom is 0.323 e.